The third-order valence-corrected chi connectivity index (χ3v) is 4.03. The van der Waals surface area contributed by atoms with E-state index >= 15 is 0 Å². The van der Waals surface area contributed by atoms with Crippen LogP contribution in [0.1, 0.15) is 25.3 Å². The highest BCUT2D eigenvalue weighted by molar-refractivity contribution is 5.50. The van der Waals surface area contributed by atoms with Crippen LogP contribution in [-0.4, -0.2) is 19.1 Å². The quantitative estimate of drug-likeness (QED) is 0.841. The van der Waals surface area contributed by atoms with E-state index in [0.717, 1.165) is 12.5 Å². The molecule has 2 heteroatoms. The van der Waals surface area contributed by atoms with E-state index in [1.54, 1.807) is 0 Å². The number of likely N-dealkylation sites (N-methyl/N-ethyl adjacent to an activating group) is 1. The maximum absolute atomic E-state index is 5.98. The fourth-order valence-corrected chi connectivity index (χ4v) is 2.41. The first kappa shape index (κ1) is 11.5. The maximum Gasteiger partial charge on any atom is 0.0520 e. The van der Waals surface area contributed by atoms with E-state index in [4.69, 9.17) is 5.73 Å². The summed E-state index contributed by atoms with van der Waals surface area (Å²) in [5, 5.41) is 0. The minimum Gasteiger partial charge on any atom is -0.368 e. The van der Waals surface area contributed by atoms with Gasteiger partial charge in [0.05, 0.1) is 5.54 Å². The Morgan fingerprint density at radius 3 is 2.62 bits per heavy atom. The molecule has 16 heavy (non-hydrogen) atoms. The predicted octanol–water partition coefficient (Wildman–Crippen LogP) is 2.56. The van der Waals surface area contributed by atoms with Crippen molar-refractivity contribution in [2.45, 2.75) is 32.2 Å². The number of nitrogens with zero attached hydrogens (tertiary/aromatic N) is 1. The van der Waals surface area contributed by atoms with Gasteiger partial charge in [-0.05, 0) is 50.3 Å². The van der Waals surface area contributed by atoms with Gasteiger partial charge in [-0.15, -0.1) is 0 Å². The molecule has 2 nitrogen and oxygen atoms in total. The minimum atomic E-state index is 0.119. The van der Waals surface area contributed by atoms with Crippen molar-refractivity contribution in [3.8, 4) is 0 Å². The monoisotopic (exact) mass is 218 g/mol. The maximum atomic E-state index is 5.98. The number of nitrogens with two attached hydrogens (primary N) is 1. The van der Waals surface area contributed by atoms with Gasteiger partial charge in [-0.3, -0.25) is 0 Å². The summed E-state index contributed by atoms with van der Waals surface area (Å²) in [6, 6.07) is 8.65. The molecule has 0 bridgehead atoms. The Hall–Kier alpha value is -1.02. The Morgan fingerprint density at radius 1 is 1.44 bits per heavy atom. The van der Waals surface area contributed by atoms with Crippen LogP contribution in [0.15, 0.2) is 24.3 Å². The molecule has 0 aromatic heterocycles. The summed E-state index contributed by atoms with van der Waals surface area (Å²) in [6.07, 6.45) is 2.65. The Kier molecular flexibility index (Phi) is 2.94. The number of benzene rings is 1. The fraction of sp³-hybridized carbons (Fsp3) is 0.571. The van der Waals surface area contributed by atoms with Crippen molar-refractivity contribution in [3.05, 3.63) is 29.8 Å². The van der Waals surface area contributed by atoms with Crippen LogP contribution in [-0.2, 0) is 0 Å². The SMILES string of the molecule is Cc1cccc(N(C)C(C)(CN)C2CC2)c1. The van der Waals surface area contributed by atoms with Crippen molar-refractivity contribution in [1.82, 2.24) is 0 Å². The van der Waals surface area contributed by atoms with Crippen LogP contribution in [0.5, 0.6) is 0 Å². The van der Waals surface area contributed by atoms with E-state index in [2.05, 4.69) is 50.1 Å². The van der Waals surface area contributed by atoms with Gasteiger partial charge >= 0.3 is 0 Å². The van der Waals surface area contributed by atoms with E-state index < -0.39 is 0 Å². The molecule has 0 saturated heterocycles. The Labute approximate surface area is 98.4 Å². The standard InChI is InChI=1S/C14H22N2/c1-11-5-4-6-13(9-11)16(3)14(2,10-15)12-7-8-12/h4-6,9,12H,7-8,10,15H2,1-3H3. The highest BCUT2D eigenvalue weighted by Gasteiger charge is 2.43. The number of hydrogen-bond acceptors (Lipinski definition) is 2. The van der Waals surface area contributed by atoms with Crippen LogP contribution in [0, 0.1) is 12.8 Å². The minimum absolute atomic E-state index is 0.119. The molecule has 1 fully saturated rings. The van der Waals surface area contributed by atoms with Gasteiger partial charge in [0.15, 0.2) is 0 Å². The number of aryl methyl sites for hydroxylation is 1. The molecule has 1 aromatic rings. The van der Waals surface area contributed by atoms with Crippen molar-refractivity contribution in [1.29, 1.82) is 0 Å². The molecule has 0 amide bonds. The lowest BCUT2D eigenvalue weighted by atomic mass is 9.93. The van der Waals surface area contributed by atoms with Crippen molar-refractivity contribution in [3.63, 3.8) is 0 Å². The molecule has 1 aliphatic carbocycles. The molecule has 0 heterocycles. The molecular weight excluding hydrogens is 196 g/mol. The molecule has 2 N–H and O–H groups in total. The van der Waals surface area contributed by atoms with Crippen molar-refractivity contribution in [2.75, 3.05) is 18.5 Å². The van der Waals surface area contributed by atoms with Gasteiger partial charge in [0.25, 0.3) is 0 Å². The fourth-order valence-electron chi connectivity index (χ4n) is 2.41. The lowest BCUT2D eigenvalue weighted by Crippen LogP contribution is -2.51. The average Bonchev–Trinajstić information content (AvgIpc) is 3.11. The molecule has 88 valence electrons. The smallest absolute Gasteiger partial charge is 0.0520 e. The second-order valence-electron chi connectivity index (χ2n) is 5.23. The molecule has 1 aromatic carbocycles. The van der Waals surface area contributed by atoms with Crippen molar-refractivity contribution >= 4 is 5.69 Å². The summed E-state index contributed by atoms with van der Waals surface area (Å²) >= 11 is 0. The molecule has 0 radical (unpaired) electrons. The first-order chi connectivity index (χ1) is 7.58. The first-order valence-corrected chi connectivity index (χ1v) is 6.08. The van der Waals surface area contributed by atoms with Crippen molar-refractivity contribution in [2.24, 2.45) is 11.7 Å². The van der Waals surface area contributed by atoms with Crippen LogP contribution in [0.3, 0.4) is 0 Å². The summed E-state index contributed by atoms with van der Waals surface area (Å²) in [5.41, 5.74) is 8.68. The Morgan fingerprint density at radius 2 is 2.12 bits per heavy atom. The summed E-state index contributed by atoms with van der Waals surface area (Å²) < 4.78 is 0. The summed E-state index contributed by atoms with van der Waals surface area (Å²) in [5.74, 6) is 0.767. The number of anilines is 1. The van der Waals surface area contributed by atoms with Gasteiger partial charge in [0.2, 0.25) is 0 Å². The van der Waals surface area contributed by atoms with Gasteiger partial charge in [-0.25, -0.2) is 0 Å². The highest BCUT2D eigenvalue weighted by atomic mass is 15.2. The van der Waals surface area contributed by atoms with Gasteiger partial charge in [-0.2, -0.15) is 0 Å². The second-order valence-corrected chi connectivity index (χ2v) is 5.23. The van der Waals surface area contributed by atoms with E-state index in [-0.39, 0.29) is 5.54 Å². The second kappa shape index (κ2) is 4.10. The topological polar surface area (TPSA) is 29.3 Å². The zero-order chi connectivity index (χ0) is 11.8. The lowest BCUT2D eigenvalue weighted by molar-refractivity contribution is 0.397. The van der Waals surface area contributed by atoms with Crippen LogP contribution in [0.4, 0.5) is 5.69 Å². The van der Waals surface area contributed by atoms with E-state index in [1.165, 1.54) is 24.1 Å². The van der Waals surface area contributed by atoms with Gasteiger partial charge in [0, 0.05) is 19.3 Å². The Balaban J connectivity index is 2.26. The molecule has 1 unspecified atom stereocenters. The molecule has 1 atom stereocenters. The third kappa shape index (κ3) is 1.94. The van der Waals surface area contributed by atoms with E-state index in [1.807, 2.05) is 0 Å². The number of rotatable bonds is 4. The molecular formula is C14H22N2. The molecule has 1 aliphatic rings. The summed E-state index contributed by atoms with van der Waals surface area (Å²) in [4.78, 5) is 2.36. The Bertz CT molecular complexity index is 371. The van der Waals surface area contributed by atoms with Gasteiger partial charge < -0.3 is 10.6 Å². The first-order valence-electron chi connectivity index (χ1n) is 6.08. The third-order valence-electron chi connectivity index (χ3n) is 4.03. The van der Waals surface area contributed by atoms with E-state index in [9.17, 15) is 0 Å². The predicted molar refractivity (Wildman–Crippen MR) is 69.8 cm³/mol. The van der Waals surface area contributed by atoms with Crippen molar-refractivity contribution < 1.29 is 0 Å². The van der Waals surface area contributed by atoms with E-state index in [0.29, 0.717) is 0 Å². The summed E-state index contributed by atoms with van der Waals surface area (Å²) in [6.45, 7) is 5.14. The lowest BCUT2D eigenvalue weighted by Gasteiger charge is -2.40. The van der Waals surface area contributed by atoms with Crippen LogP contribution in [0.2, 0.25) is 0 Å². The van der Waals surface area contributed by atoms with Gasteiger partial charge in [0.1, 0.15) is 0 Å². The molecule has 2 rings (SSSR count). The zero-order valence-electron chi connectivity index (χ0n) is 10.5. The largest absolute Gasteiger partial charge is 0.368 e. The molecule has 0 spiro atoms. The van der Waals surface area contributed by atoms with Crippen LogP contribution >= 0.6 is 0 Å². The van der Waals surface area contributed by atoms with Gasteiger partial charge in [-0.1, -0.05) is 12.1 Å². The normalized spacial score (nSPS) is 19.2. The number of hydrogen-bond donors (Lipinski definition) is 1. The average molecular weight is 218 g/mol. The molecule has 0 aliphatic heterocycles. The van der Waals surface area contributed by atoms with Crippen LogP contribution in [0.25, 0.3) is 0 Å². The van der Waals surface area contributed by atoms with Crippen LogP contribution < -0.4 is 10.6 Å². The summed E-state index contributed by atoms with van der Waals surface area (Å²) in [7, 11) is 2.17. The highest BCUT2D eigenvalue weighted by Crippen LogP contribution is 2.43. The molecule has 1 saturated carbocycles. The zero-order valence-corrected chi connectivity index (χ0v) is 10.5.